The lowest BCUT2D eigenvalue weighted by Gasteiger charge is -2.17. The van der Waals surface area contributed by atoms with Gasteiger partial charge in [0.2, 0.25) is 0 Å². The molecule has 0 aliphatic carbocycles. The molecule has 0 unspecified atom stereocenters. The van der Waals surface area contributed by atoms with Crippen molar-refractivity contribution < 1.29 is 17.9 Å². The van der Waals surface area contributed by atoms with E-state index in [0.29, 0.717) is 0 Å². The Bertz CT molecular complexity index is 461. The van der Waals surface area contributed by atoms with E-state index in [4.69, 9.17) is 11.6 Å². The largest absolute Gasteiger partial charge is 0.386 e. The van der Waals surface area contributed by atoms with Crippen molar-refractivity contribution in [3.63, 3.8) is 0 Å². The van der Waals surface area contributed by atoms with Gasteiger partial charge in [0.05, 0.1) is 0 Å². The summed E-state index contributed by atoms with van der Waals surface area (Å²) in [4.78, 5) is 0. The number of benzene rings is 1. The molecule has 0 saturated carbocycles. The Morgan fingerprint density at radius 3 is 2.50 bits per heavy atom. The monoisotopic (exact) mass is 266 g/mol. The van der Waals surface area contributed by atoms with Gasteiger partial charge in [-0.05, 0) is 6.07 Å². The Morgan fingerprint density at radius 1 is 1.44 bits per heavy atom. The van der Waals surface area contributed by atoms with Gasteiger partial charge in [0, 0.05) is 11.3 Å². The summed E-state index contributed by atoms with van der Waals surface area (Å²) in [6, 6.07) is 5.40. The van der Waals surface area contributed by atoms with Crippen molar-refractivity contribution in [3.05, 3.63) is 35.6 Å². The first-order valence-electron chi connectivity index (χ1n) is 4.68. The molecule has 0 saturated heterocycles. The first kappa shape index (κ1) is 13.4. The molecule has 6 heteroatoms. The number of aliphatic hydroxyl groups excluding tert-OH is 1. The Hall–Kier alpha value is -0.650. The van der Waals surface area contributed by atoms with E-state index < -0.39 is 26.5 Å². The van der Waals surface area contributed by atoms with Crippen LogP contribution in [0.5, 0.6) is 0 Å². The van der Waals surface area contributed by atoms with Crippen LogP contribution in [-0.4, -0.2) is 24.0 Å². The fourth-order valence-electron chi connectivity index (χ4n) is 1.21. The predicted molar refractivity (Wildman–Crippen MR) is 60.5 cm³/mol. The minimum absolute atomic E-state index is 0.112. The number of hydrogen-bond donors (Lipinski definition) is 1. The molecule has 0 amide bonds. The number of aliphatic hydroxyl groups is 1. The van der Waals surface area contributed by atoms with Gasteiger partial charge in [-0.2, -0.15) is 0 Å². The Morgan fingerprint density at radius 2 is 2.00 bits per heavy atom. The van der Waals surface area contributed by atoms with Gasteiger partial charge in [-0.25, -0.2) is 12.8 Å². The lowest BCUT2D eigenvalue weighted by molar-refractivity contribution is 0.186. The summed E-state index contributed by atoms with van der Waals surface area (Å²) in [5.41, 5.74) is -0.112. The molecule has 16 heavy (non-hydrogen) atoms. The second-order valence-corrected chi connectivity index (χ2v) is 6.41. The summed E-state index contributed by atoms with van der Waals surface area (Å²) in [6.45, 7) is 1.42. The Labute approximate surface area is 98.8 Å². The first-order valence-corrected chi connectivity index (χ1v) is 6.83. The molecule has 1 aromatic rings. The number of halogens is 2. The van der Waals surface area contributed by atoms with Crippen LogP contribution in [0.25, 0.3) is 0 Å². The number of alkyl halides is 1. The second kappa shape index (κ2) is 5.12. The normalized spacial score (nSPS) is 15.8. The van der Waals surface area contributed by atoms with Crippen LogP contribution in [0.3, 0.4) is 0 Å². The molecule has 0 aliphatic rings. The first-order chi connectivity index (χ1) is 7.40. The summed E-state index contributed by atoms with van der Waals surface area (Å²) in [5.74, 6) is -0.876. The van der Waals surface area contributed by atoms with Crippen molar-refractivity contribution in [1.29, 1.82) is 0 Å². The Kier molecular flexibility index (Phi) is 4.29. The highest BCUT2D eigenvalue weighted by Gasteiger charge is 2.31. The van der Waals surface area contributed by atoms with E-state index in [9.17, 15) is 17.9 Å². The Balaban J connectivity index is 3.04. The molecule has 1 N–H and O–H groups in total. The molecular formula is C10H12ClFO3S. The fourth-order valence-corrected chi connectivity index (χ4v) is 2.58. The van der Waals surface area contributed by atoms with Gasteiger partial charge in [-0.1, -0.05) is 25.1 Å². The zero-order valence-electron chi connectivity index (χ0n) is 8.60. The van der Waals surface area contributed by atoms with Crippen LogP contribution < -0.4 is 0 Å². The number of sulfone groups is 1. The SMILES string of the molecule is CCS(=O)(=O)[C@@H](Cl)[C@@H](O)c1ccccc1F. The van der Waals surface area contributed by atoms with Crippen molar-refractivity contribution in [3.8, 4) is 0 Å². The standard InChI is InChI=1S/C10H12ClFO3S/c1-2-16(14,15)10(11)9(13)7-5-3-4-6-8(7)12/h3-6,9-10,13H,2H2,1H3/t9-,10+/m0/s1. The van der Waals surface area contributed by atoms with Crippen LogP contribution >= 0.6 is 11.6 Å². The van der Waals surface area contributed by atoms with Crippen molar-refractivity contribution in [2.75, 3.05) is 5.75 Å². The minimum atomic E-state index is -3.61. The molecule has 1 aromatic carbocycles. The molecule has 0 aromatic heterocycles. The maximum Gasteiger partial charge on any atom is 0.169 e. The third kappa shape index (κ3) is 2.72. The minimum Gasteiger partial charge on any atom is -0.386 e. The van der Waals surface area contributed by atoms with E-state index >= 15 is 0 Å². The zero-order chi connectivity index (χ0) is 12.3. The van der Waals surface area contributed by atoms with Gasteiger partial charge in [-0.3, -0.25) is 0 Å². The number of rotatable bonds is 4. The van der Waals surface area contributed by atoms with E-state index in [1.54, 1.807) is 0 Å². The van der Waals surface area contributed by atoms with Gasteiger partial charge in [-0.15, -0.1) is 11.6 Å². The van der Waals surface area contributed by atoms with Gasteiger partial charge >= 0.3 is 0 Å². The third-order valence-electron chi connectivity index (χ3n) is 2.22. The van der Waals surface area contributed by atoms with Crippen molar-refractivity contribution in [2.24, 2.45) is 0 Å². The highest BCUT2D eigenvalue weighted by Crippen LogP contribution is 2.27. The summed E-state index contributed by atoms with van der Waals surface area (Å²) < 4.78 is 34.6. The average Bonchev–Trinajstić information content (AvgIpc) is 2.27. The van der Waals surface area contributed by atoms with Gasteiger partial charge < -0.3 is 5.11 Å². The quantitative estimate of drug-likeness (QED) is 0.847. The summed E-state index contributed by atoms with van der Waals surface area (Å²) in [6.07, 6.45) is -1.56. The molecule has 0 aliphatic heterocycles. The van der Waals surface area contributed by atoms with Crippen LogP contribution in [0.1, 0.15) is 18.6 Å². The van der Waals surface area contributed by atoms with Crippen LogP contribution in [0.4, 0.5) is 4.39 Å². The average molecular weight is 267 g/mol. The van der Waals surface area contributed by atoms with Gasteiger partial charge in [0.25, 0.3) is 0 Å². The van der Waals surface area contributed by atoms with Crippen LogP contribution in [0.2, 0.25) is 0 Å². The van der Waals surface area contributed by atoms with E-state index in [2.05, 4.69) is 0 Å². The molecule has 0 spiro atoms. The van der Waals surface area contributed by atoms with Crippen molar-refractivity contribution >= 4 is 21.4 Å². The lowest BCUT2D eigenvalue weighted by atomic mass is 10.1. The zero-order valence-corrected chi connectivity index (χ0v) is 10.2. The second-order valence-electron chi connectivity index (χ2n) is 3.27. The predicted octanol–water partition coefficient (Wildman–Crippen LogP) is 1.86. The third-order valence-corrected chi connectivity index (χ3v) is 5.02. The van der Waals surface area contributed by atoms with E-state index in [1.165, 1.54) is 25.1 Å². The molecule has 2 atom stereocenters. The van der Waals surface area contributed by atoms with Gasteiger partial charge in [0.1, 0.15) is 11.9 Å². The molecule has 0 heterocycles. The van der Waals surface area contributed by atoms with Crippen molar-refractivity contribution in [2.45, 2.75) is 17.7 Å². The highest BCUT2D eigenvalue weighted by molar-refractivity contribution is 7.93. The van der Waals surface area contributed by atoms with E-state index in [-0.39, 0.29) is 11.3 Å². The smallest absolute Gasteiger partial charge is 0.169 e. The lowest BCUT2D eigenvalue weighted by Crippen LogP contribution is -2.25. The summed E-state index contributed by atoms with van der Waals surface area (Å²) in [5, 5.41) is 9.69. The molecule has 3 nitrogen and oxygen atoms in total. The summed E-state index contributed by atoms with van der Waals surface area (Å²) in [7, 11) is -3.61. The topological polar surface area (TPSA) is 54.4 Å². The fraction of sp³-hybridized carbons (Fsp3) is 0.400. The van der Waals surface area contributed by atoms with E-state index in [0.717, 1.165) is 6.07 Å². The van der Waals surface area contributed by atoms with E-state index in [1.807, 2.05) is 0 Å². The maximum atomic E-state index is 13.3. The molecule has 0 fully saturated rings. The molecule has 0 bridgehead atoms. The molecule has 90 valence electrons. The summed E-state index contributed by atoms with van der Waals surface area (Å²) >= 11 is 5.62. The highest BCUT2D eigenvalue weighted by atomic mass is 35.5. The van der Waals surface area contributed by atoms with Crippen LogP contribution in [0, 0.1) is 5.82 Å². The van der Waals surface area contributed by atoms with Crippen LogP contribution in [-0.2, 0) is 9.84 Å². The van der Waals surface area contributed by atoms with Crippen LogP contribution in [0.15, 0.2) is 24.3 Å². The van der Waals surface area contributed by atoms with Gasteiger partial charge in [0.15, 0.2) is 14.5 Å². The van der Waals surface area contributed by atoms with Crippen molar-refractivity contribution in [1.82, 2.24) is 0 Å². The molecular weight excluding hydrogens is 255 g/mol. The number of hydrogen-bond acceptors (Lipinski definition) is 3. The maximum absolute atomic E-state index is 13.3. The molecule has 0 radical (unpaired) electrons. The molecule has 1 rings (SSSR count).